The molecule has 11 heteroatoms. The first-order chi connectivity index (χ1) is 25.0. The number of benzene rings is 4. The number of hydrogen-bond acceptors (Lipinski definition) is 6. The highest BCUT2D eigenvalue weighted by Crippen LogP contribution is 2.42. The average molecular weight is 716 g/mol. The quantitative estimate of drug-likeness (QED) is 0.175. The fourth-order valence-electron chi connectivity index (χ4n) is 7.04. The molecule has 4 aromatic carbocycles. The molecule has 0 saturated carbocycles. The van der Waals surface area contributed by atoms with Gasteiger partial charge in [-0.2, -0.15) is 13.2 Å². The van der Waals surface area contributed by atoms with Crippen molar-refractivity contribution < 1.29 is 37.3 Å². The van der Waals surface area contributed by atoms with Gasteiger partial charge in [0, 0.05) is 37.7 Å². The third kappa shape index (κ3) is 8.90. The van der Waals surface area contributed by atoms with Crippen molar-refractivity contribution in [1.29, 1.82) is 0 Å². The number of aliphatic hydroxyl groups excluding tert-OH is 1. The predicted octanol–water partition coefficient (Wildman–Crippen LogP) is 6.94. The SMILES string of the molecule is C[C@H]1[C@@H](CN(C)Cc2ccccc2)O[C@@H](c2ccc(-c3cccc(CNC(=O)[C@@H]4CCCN4C(=O)C(F)(F)F)c3)cc2)O[C@H]1c1ccc(CO)cc1. The fourth-order valence-corrected chi connectivity index (χ4v) is 7.04. The Kier molecular flexibility index (Phi) is 11.7. The largest absolute Gasteiger partial charge is 0.471 e. The van der Waals surface area contributed by atoms with Crippen LogP contribution in [0.25, 0.3) is 11.1 Å². The molecular weight excluding hydrogens is 671 g/mol. The molecule has 2 fully saturated rings. The Balaban J connectivity index is 1.14. The molecule has 0 spiro atoms. The summed E-state index contributed by atoms with van der Waals surface area (Å²) in [5, 5.41) is 12.3. The summed E-state index contributed by atoms with van der Waals surface area (Å²) in [5.74, 6) is -2.54. The van der Waals surface area contributed by atoms with Crippen LogP contribution in [0.15, 0.2) is 103 Å². The first-order valence-corrected chi connectivity index (χ1v) is 17.6. The summed E-state index contributed by atoms with van der Waals surface area (Å²) in [7, 11) is 2.09. The van der Waals surface area contributed by atoms with E-state index in [0.29, 0.717) is 17.9 Å². The van der Waals surface area contributed by atoms with Crippen molar-refractivity contribution in [3.05, 3.63) is 131 Å². The molecule has 2 heterocycles. The number of ether oxygens (including phenoxy) is 2. The van der Waals surface area contributed by atoms with E-state index in [2.05, 4.69) is 36.3 Å². The van der Waals surface area contributed by atoms with E-state index in [1.807, 2.05) is 91.0 Å². The van der Waals surface area contributed by atoms with Gasteiger partial charge in [0.1, 0.15) is 6.04 Å². The number of halogens is 3. The second-order valence-electron chi connectivity index (χ2n) is 13.7. The van der Waals surface area contributed by atoms with Crippen molar-refractivity contribution >= 4 is 11.8 Å². The fraction of sp³-hybridized carbons (Fsp3) is 0.366. The number of hydrogen-bond donors (Lipinski definition) is 2. The topological polar surface area (TPSA) is 91.3 Å². The standard InChI is InChI=1S/C41H44F3N3O5/c1-27-36(25-46(2)24-28-8-4-3-5-9-28)51-39(52-37(27)32-15-13-29(26-48)14-16-32)33-19-17-31(18-20-33)34-11-6-10-30(22-34)23-45-38(49)35-12-7-21-47(35)40(50)41(42,43)44/h3-6,8-11,13-20,22,27,35-37,39,48H,7,12,21,23-26H2,1-2H3,(H,45,49)/t27-,35-,36+,37+,39+/m0/s1. The van der Waals surface area contributed by atoms with E-state index >= 15 is 0 Å². The van der Waals surface area contributed by atoms with Crippen LogP contribution in [-0.4, -0.2) is 65.2 Å². The van der Waals surface area contributed by atoms with Gasteiger partial charge in [0.2, 0.25) is 5.91 Å². The zero-order valence-corrected chi connectivity index (χ0v) is 29.3. The number of nitrogens with one attached hydrogen (secondary N) is 1. The lowest BCUT2D eigenvalue weighted by molar-refractivity contribution is -0.276. The molecule has 0 bridgehead atoms. The third-order valence-corrected chi connectivity index (χ3v) is 9.88. The van der Waals surface area contributed by atoms with Crippen LogP contribution in [0.3, 0.4) is 0 Å². The van der Waals surface area contributed by atoms with E-state index in [9.17, 15) is 27.9 Å². The van der Waals surface area contributed by atoms with Gasteiger partial charge in [-0.3, -0.25) is 14.5 Å². The Morgan fingerprint density at radius 1 is 0.865 bits per heavy atom. The lowest BCUT2D eigenvalue weighted by Gasteiger charge is -2.42. The van der Waals surface area contributed by atoms with Gasteiger partial charge in [0.25, 0.3) is 0 Å². The summed E-state index contributed by atoms with van der Waals surface area (Å²) in [6, 6.07) is 32.5. The molecule has 5 atom stereocenters. The van der Waals surface area contributed by atoms with Gasteiger partial charge in [0.15, 0.2) is 6.29 Å². The van der Waals surface area contributed by atoms with Gasteiger partial charge in [-0.25, -0.2) is 0 Å². The monoisotopic (exact) mass is 715 g/mol. The minimum Gasteiger partial charge on any atom is -0.392 e. The minimum atomic E-state index is -5.02. The van der Waals surface area contributed by atoms with Crippen LogP contribution in [0.2, 0.25) is 0 Å². The van der Waals surface area contributed by atoms with E-state index in [-0.39, 0.29) is 44.2 Å². The van der Waals surface area contributed by atoms with Crippen LogP contribution in [0.5, 0.6) is 0 Å². The molecule has 2 amide bonds. The lowest BCUT2D eigenvalue weighted by atomic mass is 9.90. The molecule has 52 heavy (non-hydrogen) atoms. The molecule has 4 aromatic rings. The van der Waals surface area contributed by atoms with Crippen molar-refractivity contribution in [2.45, 2.75) is 70.2 Å². The average Bonchev–Trinajstić information content (AvgIpc) is 3.65. The van der Waals surface area contributed by atoms with Gasteiger partial charge in [0.05, 0.1) is 18.8 Å². The van der Waals surface area contributed by atoms with Gasteiger partial charge >= 0.3 is 12.1 Å². The van der Waals surface area contributed by atoms with Gasteiger partial charge in [-0.15, -0.1) is 0 Å². The number of nitrogens with zero attached hydrogens (tertiary/aromatic N) is 2. The zero-order chi connectivity index (χ0) is 36.8. The van der Waals surface area contributed by atoms with Crippen LogP contribution < -0.4 is 5.32 Å². The summed E-state index contributed by atoms with van der Waals surface area (Å²) >= 11 is 0. The summed E-state index contributed by atoms with van der Waals surface area (Å²) in [5.41, 5.74) is 6.52. The van der Waals surface area contributed by atoms with Gasteiger partial charge < -0.3 is 24.8 Å². The van der Waals surface area contributed by atoms with Crippen molar-refractivity contribution in [3.63, 3.8) is 0 Å². The number of rotatable bonds is 11. The first kappa shape index (κ1) is 37.2. The summed E-state index contributed by atoms with van der Waals surface area (Å²) in [4.78, 5) is 27.5. The lowest BCUT2D eigenvalue weighted by Crippen LogP contribution is -2.50. The maximum absolute atomic E-state index is 13.0. The summed E-state index contributed by atoms with van der Waals surface area (Å²) in [6.45, 7) is 3.60. The molecule has 0 radical (unpaired) electrons. The number of aliphatic hydroxyl groups is 1. The molecule has 2 N–H and O–H groups in total. The number of alkyl halides is 3. The second kappa shape index (κ2) is 16.4. The number of carbonyl (C=O) groups is 2. The molecule has 274 valence electrons. The van der Waals surface area contributed by atoms with Gasteiger partial charge in [-0.1, -0.05) is 104 Å². The maximum Gasteiger partial charge on any atom is 0.471 e. The molecule has 6 rings (SSSR count). The Hall–Kier alpha value is -4.55. The van der Waals surface area contributed by atoms with Crippen LogP contribution >= 0.6 is 0 Å². The number of amides is 2. The van der Waals surface area contributed by atoms with E-state index in [1.165, 1.54) is 5.56 Å². The van der Waals surface area contributed by atoms with Crippen molar-refractivity contribution in [3.8, 4) is 11.1 Å². The van der Waals surface area contributed by atoms with Crippen LogP contribution in [0.1, 0.15) is 60.0 Å². The molecule has 2 aliphatic rings. The normalized spacial score (nSPS) is 22.1. The molecule has 0 aliphatic carbocycles. The van der Waals surface area contributed by atoms with Crippen LogP contribution in [-0.2, 0) is 38.8 Å². The number of likely N-dealkylation sites (tertiary alicyclic amines) is 1. The van der Waals surface area contributed by atoms with Crippen LogP contribution in [0, 0.1) is 5.92 Å². The Bertz CT molecular complexity index is 1800. The maximum atomic E-state index is 13.0. The smallest absolute Gasteiger partial charge is 0.392 e. The van der Waals surface area contributed by atoms with Gasteiger partial charge in [-0.05, 0) is 59.3 Å². The molecular formula is C41H44F3N3O5. The third-order valence-electron chi connectivity index (χ3n) is 9.88. The van der Waals surface area contributed by atoms with E-state index in [1.54, 1.807) is 0 Å². The highest BCUT2D eigenvalue weighted by atomic mass is 19.4. The number of carbonyl (C=O) groups excluding carboxylic acids is 2. The first-order valence-electron chi connectivity index (χ1n) is 17.6. The highest BCUT2D eigenvalue weighted by molar-refractivity contribution is 5.90. The molecule has 2 aliphatic heterocycles. The molecule has 2 saturated heterocycles. The predicted molar refractivity (Wildman–Crippen MR) is 190 cm³/mol. The molecule has 0 unspecified atom stereocenters. The second-order valence-corrected chi connectivity index (χ2v) is 13.7. The Morgan fingerprint density at radius 2 is 1.56 bits per heavy atom. The van der Waals surface area contributed by atoms with Crippen LogP contribution in [0.4, 0.5) is 13.2 Å². The Labute approximate surface area is 302 Å². The molecule has 0 aromatic heterocycles. The molecule has 8 nitrogen and oxygen atoms in total. The van der Waals surface area contributed by atoms with E-state index in [4.69, 9.17) is 9.47 Å². The zero-order valence-electron chi connectivity index (χ0n) is 29.3. The van der Waals surface area contributed by atoms with E-state index in [0.717, 1.165) is 39.9 Å². The highest BCUT2D eigenvalue weighted by Gasteiger charge is 2.47. The van der Waals surface area contributed by atoms with Crippen molar-refractivity contribution in [1.82, 2.24) is 15.1 Å². The van der Waals surface area contributed by atoms with Crippen molar-refractivity contribution in [2.24, 2.45) is 5.92 Å². The summed E-state index contributed by atoms with van der Waals surface area (Å²) < 4.78 is 52.4. The minimum absolute atomic E-state index is 0.0311. The summed E-state index contributed by atoms with van der Waals surface area (Å²) in [6.07, 6.45) is -5.48. The van der Waals surface area contributed by atoms with Crippen molar-refractivity contribution in [2.75, 3.05) is 20.1 Å². The Morgan fingerprint density at radius 3 is 2.25 bits per heavy atom. The van der Waals surface area contributed by atoms with E-state index < -0.39 is 30.3 Å². The number of likely N-dealkylation sites (N-methyl/N-ethyl adjacent to an activating group) is 1.